The van der Waals surface area contributed by atoms with Gasteiger partial charge in [0.2, 0.25) is 0 Å². The van der Waals surface area contributed by atoms with Gasteiger partial charge in [0.25, 0.3) is 5.91 Å². The van der Waals surface area contributed by atoms with Gasteiger partial charge in [-0.1, -0.05) is 18.6 Å². The second-order valence-corrected chi connectivity index (χ2v) is 7.24. The number of carbonyl (C=O) groups excluding carboxylic acids is 1. The van der Waals surface area contributed by atoms with Crippen LogP contribution in [0.5, 0.6) is 0 Å². The Labute approximate surface area is 134 Å². The van der Waals surface area contributed by atoms with Gasteiger partial charge in [-0.05, 0) is 37.3 Å². The molecule has 1 aromatic rings. The molecular weight excluding hydrogens is 304 g/mol. The molecule has 1 atom stereocenters. The molecule has 114 valence electrons. The standard InChI is InChI=1S/C15H20N2O2S2/c16-14(20)11-9-17(6-7-19-11)15(18)13-8-10-4-2-1-3-5-12(10)21-13/h8,11H,1-7,9H2,(H2,16,20). The Morgan fingerprint density at radius 3 is 3.00 bits per heavy atom. The number of thiophene rings is 1. The number of amides is 1. The number of thiocarbonyl (C=S) groups is 1. The minimum atomic E-state index is -0.310. The molecule has 0 spiro atoms. The first-order valence-electron chi connectivity index (χ1n) is 7.47. The van der Waals surface area contributed by atoms with Crippen LogP contribution in [-0.4, -0.2) is 41.6 Å². The van der Waals surface area contributed by atoms with Gasteiger partial charge in [0, 0.05) is 11.4 Å². The fraction of sp³-hybridized carbons (Fsp3) is 0.600. The summed E-state index contributed by atoms with van der Waals surface area (Å²) in [6.07, 6.45) is 5.68. The molecule has 21 heavy (non-hydrogen) atoms. The Hall–Kier alpha value is -0.980. The molecule has 6 heteroatoms. The first kappa shape index (κ1) is 14.9. The number of fused-ring (bicyclic) bond motifs is 1. The van der Waals surface area contributed by atoms with Crippen molar-refractivity contribution in [1.29, 1.82) is 0 Å². The van der Waals surface area contributed by atoms with E-state index in [4.69, 9.17) is 22.7 Å². The summed E-state index contributed by atoms with van der Waals surface area (Å²) in [5.41, 5.74) is 7.01. The van der Waals surface area contributed by atoms with E-state index >= 15 is 0 Å². The second kappa shape index (κ2) is 6.42. The summed E-state index contributed by atoms with van der Waals surface area (Å²) in [5.74, 6) is 0.0950. The molecule has 0 aromatic carbocycles. The largest absolute Gasteiger partial charge is 0.391 e. The van der Waals surface area contributed by atoms with Gasteiger partial charge in [-0.3, -0.25) is 4.79 Å². The number of aryl methyl sites for hydroxylation is 2. The number of hydrogen-bond donors (Lipinski definition) is 1. The minimum Gasteiger partial charge on any atom is -0.391 e. The Bertz CT molecular complexity index is 532. The van der Waals surface area contributed by atoms with Crippen LogP contribution in [0.15, 0.2) is 6.07 Å². The van der Waals surface area contributed by atoms with Gasteiger partial charge in [-0.25, -0.2) is 0 Å². The highest BCUT2D eigenvalue weighted by Gasteiger charge is 2.28. The molecule has 0 bridgehead atoms. The van der Waals surface area contributed by atoms with Gasteiger partial charge in [0.1, 0.15) is 11.1 Å². The summed E-state index contributed by atoms with van der Waals surface area (Å²) in [7, 11) is 0. The molecule has 2 N–H and O–H groups in total. The SMILES string of the molecule is NC(=S)C1CN(C(=O)c2cc3c(s2)CCCCC3)CCO1. The van der Waals surface area contributed by atoms with Crippen molar-refractivity contribution in [1.82, 2.24) is 4.90 Å². The predicted molar refractivity (Wildman–Crippen MR) is 88.0 cm³/mol. The Morgan fingerprint density at radius 1 is 1.38 bits per heavy atom. The summed E-state index contributed by atoms with van der Waals surface area (Å²) in [6.45, 7) is 1.58. The zero-order chi connectivity index (χ0) is 14.8. The lowest BCUT2D eigenvalue weighted by atomic mass is 10.1. The number of nitrogens with two attached hydrogens (primary N) is 1. The molecule has 1 aliphatic heterocycles. The van der Waals surface area contributed by atoms with Gasteiger partial charge < -0.3 is 15.4 Å². The van der Waals surface area contributed by atoms with E-state index in [2.05, 4.69) is 6.07 Å². The highest BCUT2D eigenvalue weighted by Crippen LogP contribution is 2.30. The van der Waals surface area contributed by atoms with Crippen molar-refractivity contribution in [2.75, 3.05) is 19.7 Å². The van der Waals surface area contributed by atoms with Crippen LogP contribution in [0.4, 0.5) is 0 Å². The van der Waals surface area contributed by atoms with Crippen molar-refractivity contribution < 1.29 is 9.53 Å². The van der Waals surface area contributed by atoms with Crippen LogP contribution in [0.2, 0.25) is 0 Å². The molecule has 1 saturated heterocycles. The highest BCUT2D eigenvalue weighted by atomic mass is 32.1. The lowest BCUT2D eigenvalue weighted by Crippen LogP contribution is -2.49. The first-order valence-corrected chi connectivity index (χ1v) is 8.69. The summed E-state index contributed by atoms with van der Waals surface area (Å²) in [5, 5.41) is 0. The second-order valence-electron chi connectivity index (χ2n) is 5.63. The zero-order valence-corrected chi connectivity index (χ0v) is 13.6. The third kappa shape index (κ3) is 3.27. The summed E-state index contributed by atoms with van der Waals surface area (Å²) in [4.78, 5) is 17.1. The average molecular weight is 324 g/mol. The molecule has 1 aromatic heterocycles. The number of hydrogen-bond acceptors (Lipinski definition) is 4. The normalized spacial score (nSPS) is 22.5. The van der Waals surface area contributed by atoms with Gasteiger partial charge in [0.05, 0.1) is 18.0 Å². The van der Waals surface area contributed by atoms with Crippen LogP contribution < -0.4 is 5.73 Å². The van der Waals surface area contributed by atoms with E-state index < -0.39 is 0 Å². The van der Waals surface area contributed by atoms with Crippen molar-refractivity contribution in [2.24, 2.45) is 5.73 Å². The number of nitrogens with zero attached hydrogens (tertiary/aromatic N) is 1. The number of morpholine rings is 1. The maximum absolute atomic E-state index is 12.7. The van der Waals surface area contributed by atoms with Crippen LogP contribution in [0.3, 0.4) is 0 Å². The molecular formula is C15H20N2O2S2. The topological polar surface area (TPSA) is 55.6 Å². The van der Waals surface area contributed by atoms with Crippen molar-refractivity contribution in [3.05, 3.63) is 21.4 Å². The van der Waals surface area contributed by atoms with Crippen molar-refractivity contribution in [3.8, 4) is 0 Å². The lowest BCUT2D eigenvalue weighted by Gasteiger charge is -2.32. The molecule has 0 radical (unpaired) electrons. The maximum atomic E-state index is 12.7. The molecule has 1 unspecified atom stereocenters. The average Bonchev–Trinajstić information content (AvgIpc) is 2.77. The predicted octanol–water partition coefficient (Wildman–Crippen LogP) is 2.14. The number of ether oxygens (including phenoxy) is 1. The smallest absolute Gasteiger partial charge is 0.264 e. The molecule has 4 nitrogen and oxygen atoms in total. The van der Waals surface area contributed by atoms with Crippen LogP contribution in [0.1, 0.15) is 39.4 Å². The Balaban J connectivity index is 1.74. The van der Waals surface area contributed by atoms with Crippen LogP contribution in [-0.2, 0) is 17.6 Å². The van der Waals surface area contributed by atoms with E-state index in [0.717, 1.165) is 17.7 Å². The molecule has 2 aliphatic rings. The van der Waals surface area contributed by atoms with Crippen molar-refractivity contribution in [3.63, 3.8) is 0 Å². The third-order valence-electron chi connectivity index (χ3n) is 4.13. The fourth-order valence-corrected chi connectivity index (χ4v) is 4.30. The van der Waals surface area contributed by atoms with E-state index in [1.54, 1.807) is 11.3 Å². The van der Waals surface area contributed by atoms with E-state index in [-0.39, 0.29) is 12.0 Å². The van der Waals surface area contributed by atoms with Gasteiger partial charge in [-0.15, -0.1) is 11.3 Å². The van der Waals surface area contributed by atoms with E-state index in [9.17, 15) is 4.79 Å². The molecule has 3 rings (SSSR count). The molecule has 2 heterocycles. The van der Waals surface area contributed by atoms with Crippen LogP contribution >= 0.6 is 23.6 Å². The summed E-state index contributed by atoms with van der Waals surface area (Å²) in [6, 6.07) is 2.10. The lowest BCUT2D eigenvalue weighted by molar-refractivity contribution is 0.00903. The van der Waals surface area contributed by atoms with Crippen LogP contribution in [0, 0.1) is 0 Å². The maximum Gasteiger partial charge on any atom is 0.264 e. The van der Waals surface area contributed by atoms with E-state index in [0.29, 0.717) is 24.7 Å². The summed E-state index contributed by atoms with van der Waals surface area (Å²) >= 11 is 6.64. The number of carbonyl (C=O) groups is 1. The molecule has 1 aliphatic carbocycles. The Kier molecular flexibility index (Phi) is 4.57. The van der Waals surface area contributed by atoms with Gasteiger partial charge in [-0.2, -0.15) is 0 Å². The highest BCUT2D eigenvalue weighted by molar-refractivity contribution is 7.80. The monoisotopic (exact) mass is 324 g/mol. The first-order chi connectivity index (χ1) is 10.1. The van der Waals surface area contributed by atoms with E-state index in [1.165, 1.54) is 29.7 Å². The molecule has 0 saturated carbocycles. The van der Waals surface area contributed by atoms with Gasteiger partial charge in [0.15, 0.2) is 0 Å². The van der Waals surface area contributed by atoms with Crippen molar-refractivity contribution in [2.45, 2.75) is 38.2 Å². The number of rotatable bonds is 2. The van der Waals surface area contributed by atoms with Crippen molar-refractivity contribution >= 4 is 34.5 Å². The quantitative estimate of drug-likeness (QED) is 0.669. The zero-order valence-electron chi connectivity index (χ0n) is 12.0. The van der Waals surface area contributed by atoms with E-state index in [1.807, 2.05) is 4.90 Å². The third-order valence-corrected chi connectivity index (χ3v) is 5.62. The fourth-order valence-electron chi connectivity index (χ4n) is 2.93. The van der Waals surface area contributed by atoms with Crippen LogP contribution in [0.25, 0.3) is 0 Å². The minimum absolute atomic E-state index is 0.0950. The molecule has 1 amide bonds. The molecule has 1 fully saturated rings. The summed E-state index contributed by atoms with van der Waals surface area (Å²) < 4.78 is 5.50. The Morgan fingerprint density at radius 2 is 2.19 bits per heavy atom. The van der Waals surface area contributed by atoms with Gasteiger partial charge >= 0.3 is 0 Å².